The molecule has 1 saturated carbocycles. The predicted molar refractivity (Wildman–Crippen MR) is 283 cm³/mol. The number of nitrogens with two attached hydrogens (primary N) is 1. The Labute approximate surface area is 420 Å². The molecule has 0 atom stereocenters. The summed E-state index contributed by atoms with van der Waals surface area (Å²) in [6, 6.07) is 0. The molecule has 69 heavy (non-hydrogen) atoms. The number of oxime groups is 2. The molecule has 0 aromatic heterocycles. The zero-order valence-electron chi connectivity index (χ0n) is 46.4. The second-order valence-electron chi connectivity index (χ2n) is 19.4. The molecule has 1 rings (SSSR count). The van der Waals surface area contributed by atoms with E-state index in [1.165, 1.54) is 13.3 Å². The molecular weight excluding hydrogens is 929 g/mol. The zero-order valence-corrected chi connectivity index (χ0v) is 48.0. The Kier molecular flexibility index (Phi) is 50.9. The van der Waals surface area contributed by atoms with E-state index in [9.17, 15) is 40.8 Å². The molecule has 0 heterocycles. The topological polar surface area (TPSA) is 301 Å². The fraction of sp³-hybridized carbons (Fsp3) is 0.857. The van der Waals surface area contributed by atoms with Crippen LogP contribution in [0.3, 0.4) is 0 Å². The van der Waals surface area contributed by atoms with Gasteiger partial charge in [-0.25, -0.2) is 21.6 Å². The van der Waals surface area contributed by atoms with E-state index in [4.69, 9.17) is 21.3 Å². The number of amides is 2. The Morgan fingerprint density at radius 3 is 1.41 bits per heavy atom. The van der Waals surface area contributed by atoms with Crippen molar-refractivity contribution in [3.05, 3.63) is 0 Å². The van der Waals surface area contributed by atoms with Gasteiger partial charge in [0.2, 0.25) is 21.8 Å². The number of carbonyl (C=O) groups excluding carboxylic acids is 5. The SMILES string of the molecule is CC(C)/C(N)=N/O.CC(C)C(=O)CCNS(C)(=O)=O.CC(C)C(=O)CCO.CC(C)CCCCS(C)(=O)=O.CCCC/C(=N\O)C(C)C.CNC(=O)C1CC(C(C)C)C1.CNC(=O)CC(=O)C(C)C. The first-order valence-corrected chi connectivity index (χ1v) is 28.4. The Morgan fingerprint density at radius 1 is 0.652 bits per heavy atom. The molecular formula is C49H102N6O12S2. The number of hydrogen-bond donors (Lipinski definition) is 7. The third kappa shape index (κ3) is 57.0. The molecule has 2 amide bonds. The largest absolute Gasteiger partial charge is 0.411 e. The number of Topliss-reactive ketones (excluding diaryl/α,β-unsaturated/α-hetero) is 3. The highest BCUT2D eigenvalue weighted by Gasteiger charge is 2.35. The summed E-state index contributed by atoms with van der Waals surface area (Å²) in [5, 5.41) is 35.8. The van der Waals surface area contributed by atoms with Crippen LogP contribution in [0.25, 0.3) is 0 Å². The highest BCUT2D eigenvalue weighted by molar-refractivity contribution is 7.90. The quantitative estimate of drug-likeness (QED) is 0.0131. The molecule has 20 heteroatoms. The number of amidine groups is 1. The van der Waals surface area contributed by atoms with Crippen LogP contribution in [0.15, 0.2) is 10.3 Å². The van der Waals surface area contributed by atoms with Gasteiger partial charge in [0.05, 0.1) is 18.4 Å². The fourth-order valence-corrected chi connectivity index (χ4v) is 6.17. The van der Waals surface area contributed by atoms with Crippen molar-refractivity contribution in [1.82, 2.24) is 15.4 Å². The molecule has 0 aromatic carbocycles. The van der Waals surface area contributed by atoms with E-state index in [1.807, 2.05) is 41.5 Å². The molecule has 0 aromatic rings. The van der Waals surface area contributed by atoms with Gasteiger partial charge in [-0.2, -0.15) is 0 Å². The van der Waals surface area contributed by atoms with Gasteiger partial charge < -0.3 is 31.9 Å². The summed E-state index contributed by atoms with van der Waals surface area (Å²) in [7, 11) is -2.63. The third-order valence-electron chi connectivity index (χ3n) is 10.2. The Morgan fingerprint density at radius 2 is 1.13 bits per heavy atom. The summed E-state index contributed by atoms with van der Waals surface area (Å²) in [4.78, 5) is 54.1. The summed E-state index contributed by atoms with van der Waals surface area (Å²) in [5.41, 5.74) is 6.03. The maximum Gasteiger partial charge on any atom is 0.227 e. The number of unbranched alkanes of at least 4 members (excludes halogenated alkanes) is 2. The lowest BCUT2D eigenvalue weighted by Gasteiger charge is -2.36. The number of hydrogen-bond acceptors (Lipinski definition) is 14. The first kappa shape index (κ1) is 77.0. The number of aliphatic hydroxyl groups excluding tert-OH is 1. The minimum atomic E-state index is -3.15. The van der Waals surface area contributed by atoms with E-state index >= 15 is 0 Å². The van der Waals surface area contributed by atoms with Crippen LogP contribution in [0.5, 0.6) is 0 Å². The van der Waals surface area contributed by atoms with Crippen molar-refractivity contribution < 1.29 is 56.3 Å². The van der Waals surface area contributed by atoms with E-state index in [2.05, 4.69) is 60.3 Å². The van der Waals surface area contributed by atoms with Crippen LogP contribution < -0.4 is 21.1 Å². The monoisotopic (exact) mass is 1030 g/mol. The van der Waals surface area contributed by atoms with Gasteiger partial charge in [-0.05, 0) is 55.8 Å². The van der Waals surface area contributed by atoms with Crippen LogP contribution in [0.1, 0.15) is 174 Å². The lowest BCUT2D eigenvalue weighted by atomic mass is 9.69. The molecule has 8 N–H and O–H groups in total. The van der Waals surface area contributed by atoms with Gasteiger partial charge in [-0.3, -0.25) is 24.0 Å². The van der Waals surface area contributed by atoms with Crippen molar-refractivity contribution in [1.29, 1.82) is 0 Å². The number of nitrogens with zero attached hydrogens (tertiary/aromatic N) is 2. The fourth-order valence-electron chi connectivity index (χ4n) is 4.97. The highest BCUT2D eigenvalue weighted by atomic mass is 32.2. The maximum atomic E-state index is 11.1. The highest BCUT2D eigenvalue weighted by Crippen LogP contribution is 2.38. The number of sulfone groups is 1. The van der Waals surface area contributed by atoms with Gasteiger partial charge in [0.15, 0.2) is 0 Å². The molecule has 0 bridgehead atoms. The van der Waals surface area contributed by atoms with E-state index in [-0.39, 0.29) is 84.7 Å². The van der Waals surface area contributed by atoms with Gasteiger partial charge in [0.1, 0.15) is 33.0 Å². The van der Waals surface area contributed by atoms with Crippen LogP contribution in [0.4, 0.5) is 0 Å². The van der Waals surface area contributed by atoms with Crippen LogP contribution in [0.2, 0.25) is 0 Å². The molecule has 0 spiro atoms. The molecule has 18 nitrogen and oxygen atoms in total. The van der Waals surface area contributed by atoms with Crippen molar-refractivity contribution in [2.45, 2.75) is 174 Å². The second kappa shape index (κ2) is 45.6. The minimum Gasteiger partial charge on any atom is -0.411 e. The summed E-state index contributed by atoms with van der Waals surface area (Å²) in [6.45, 7) is 29.7. The van der Waals surface area contributed by atoms with E-state index in [1.54, 1.807) is 34.7 Å². The first-order chi connectivity index (χ1) is 31.5. The Hall–Kier alpha value is -3.49. The lowest BCUT2D eigenvalue weighted by molar-refractivity contribution is -0.130. The molecule has 1 fully saturated rings. The summed E-state index contributed by atoms with van der Waals surface area (Å²) in [6.07, 6.45) is 11.3. The van der Waals surface area contributed by atoms with Gasteiger partial charge in [0.25, 0.3) is 0 Å². The van der Waals surface area contributed by atoms with Crippen molar-refractivity contribution in [3.63, 3.8) is 0 Å². The minimum absolute atomic E-state index is 0.00810. The number of ketones is 3. The smallest absolute Gasteiger partial charge is 0.227 e. The predicted octanol–water partition coefficient (Wildman–Crippen LogP) is 7.42. The normalized spacial score (nSPS) is 14.5. The second-order valence-corrected chi connectivity index (χ2v) is 23.5. The number of carbonyl (C=O) groups is 5. The molecule has 0 saturated heterocycles. The van der Waals surface area contributed by atoms with Crippen molar-refractivity contribution in [2.75, 3.05) is 45.5 Å². The number of sulfonamides is 1. The van der Waals surface area contributed by atoms with E-state index < -0.39 is 19.9 Å². The van der Waals surface area contributed by atoms with Gasteiger partial charge >= 0.3 is 0 Å². The molecule has 1 aliphatic carbocycles. The van der Waals surface area contributed by atoms with Gasteiger partial charge in [-0.1, -0.05) is 133 Å². The Balaban J connectivity index is -0.000000169. The number of rotatable bonds is 23. The summed E-state index contributed by atoms with van der Waals surface area (Å²) >= 11 is 0. The average molecular weight is 1030 g/mol. The van der Waals surface area contributed by atoms with Gasteiger partial charge in [0, 0.05) is 81.7 Å². The van der Waals surface area contributed by atoms with Crippen LogP contribution >= 0.6 is 0 Å². The molecule has 0 radical (unpaired) electrons. The molecule has 412 valence electrons. The van der Waals surface area contributed by atoms with Crippen molar-refractivity contribution in [2.24, 2.45) is 69.3 Å². The van der Waals surface area contributed by atoms with E-state index in [0.717, 1.165) is 75.2 Å². The number of aliphatic hydroxyl groups is 1. The Bertz CT molecular complexity index is 1640. The van der Waals surface area contributed by atoms with Crippen LogP contribution in [-0.4, -0.2) is 119 Å². The summed E-state index contributed by atoms with van der Waals surface area (Å²) in [5.74, 6) is 3.90. The van der Waals surface area contributed by atoms with Crippen LogP contribution in [-0.2, 0) is 43.8 Å². The average Bonchev–Trinajstić information content (AvgIpc) is 3.21. The zero-order chi connectivity index (χ0) is 55.7. The van der Waals surface area contributed by atoms with Crippen molar-refractivity contribution >= 4 is 60.6 Å². The molecule has 0 aliphatic heterocycles. The van der Waals surface area contributed by atoms with Crippen molar-refractivity contribution in [3.8, 4) is 0 Å². The molecule has 1 aliphatic rings. The standard InChI is InChI=1S/C9H17NO.C8H17NO.C8H18O2S.C7H15NO3S.C7H13NO2.C6H12O2.C4H10N2O/c1-6(2)7-4-8(5-7)9(11)10-3;1-4-5-6-8(9-10)7(2)3;1-8(2)6-4-5-7-11(3,9)10;1-6(2)7(9)4-5-8-12(3,10)11;1-5(2)6(9)4-7(10)8-3;1-5(2)6(8)3-4-7;1-3(2)4(5)6-7/h6-8H,4-5H2,1-3H3,(H,10,11);7,10H,4-6H2,1-3H3;8H,4-7H2,1-3H3;6,8H,4-5H2,1-3H3;5H,4H2,1-3H3,(H,8,10);5,7H,3-4H2,1-2H3;3,7H,1-2H3,(H2,5,6)/b;9-8+;;;;;. The number of nitrogens with one attached hydrogen (secondary N) is 3. The molecule has 0 unspecified atom stereocenters. The third-order valence-corrected chi connectivity index (χ3v) is 12.0. The lowest BCUT2D eigenvalue weighted by Crippen LogP contribution is -2.38. The van der Waals surface area contributed by atoms with Crippen LogP contribution in [0, 0.1) is 53.3 Å². The first-order valence-electron chi connectivity index (χ1n) is 24.5. The van der Waals surface area contributed by atoms with E-state index in [0.29, 0.717) is 29.9 Å². The maximum absolute atomic E-state index is 11.1. The summed E-state index contributed by atoms with van der Waals surface area (Å²) < 4.78 is 44.7. The van der Waals surface area contributed by atoms with Gasteiger partial charge in [-0.15, -0.1) is 0 Å².